The third-order valence-electron chi connectivity index (χ3n) is 3.60. The van der Waals surface area contributed by atoms with E-state index in [0.717, 1.165) is 30.6 Å². The van der Waals surface area contributed by atoms with Gasteiger partial charge in [-0.15, -0.1) is 0 Å². The summed E-state index contributed by atoms with van der Waals surface area (Å²) in [6, 6.07) is 0. The van der Waals surface area contributed by atoms with E-state index in [-0.39, 0.29) is 10.9 Å². The number of carbonyl (C=O) groups excluding carboxylic acids is 1. The first kappa shape index (κ1) is 15.3. The minimum atomic E-state index is -2.53. The van der Waals surface area contributed by atoms with Crippen LogP contribution in [0.4, 0.5) is 8.78 Å². The second kappa shape index (κ2) is 6.41. The van der Waals surface area contributed by atoms with Gasteiger partial charge in [-0.05, 0) is 12.8 Å². The molecule has 0 aromatic heterocycles. The maximum atomic E-state index is 12.4. The molecule has 1 rings (SSSR count). The van der Waals surface area contributed by atoms with Gasteiger partial charge >= 0.3 is 0 Å². The van der Waals surface area contributed by atoms with Crippen molar-refractivity contribution in [3.8, 4) is 0 Å². The monoisotopic (exact) mass is 278 g/mol. The Morgan fingerprint density at radius 2 is 1.83 bits per heavy atom. The molecule has 18 heavy (non-hydrogen) atoms. The van der Waals surface area contributed by atoms with Gasteiger partial charge in [0.1, 0.15) is 0 Å². The Morgan fingerprint density at radius 3 is 2.22 bits per heavy atom. The van der Waals surface area contributed by atoms with Gasteiger partial charge in [-0.3, -0.25) is 4.79 Å². The van der Waals surface area contributed by atoms with E-state index in [1.807, 2.05) is 0 Å². The lowest BCUT2D eigenvalue weighted by Gasteiger charge is -2.34. The van der Waals surface area contributed by atoms with Crippen LogP contribution in [0.1, 0.15) is 38.5 Å². The number of hydrogen-bond donors (Lipinski definition) is 1. The van der Waals surface area contributed by atoms with Gasteiger partial charge in [0.2, 0.25) is 5.91 Å². The molecule has 0 aromatic rings. The molecule has 0 heterocycles. The summed E-state index contributed by atoms with van der Waals surface area (Å²) in [6.07, 6.45) is 2.43. The number of alkyl halides is 2. The smallest absolute Gasteiger partial charge is 0.255 e. The molecule has 0 saturated heterocycles. The highest BCUT2D eigenvalue weighted by Crippen LogP contribution is 2.37. The first-order valence-corrected chi connectivity index (χ1v) is 6.64. The summed E-state index contributed by atoms with van der Waals surface area (Å²) >= 11 is 5.04. The molecule has 0 aliphatic heterocycles. The zero-order valence-corrected chi connectivity index (χ0v) is 11.4. The van der Waals surface area contributed by atoms with E-state index in [1.165, 1.54) is 7.05 Å². The summed E-state index contributed by atoms with van der Waals surface area (Å²) < 4.78 is 24.7. The predicted octanol–water partition coefficient (Wildman–Crippen LogP) is 2.34. The number of halogens is 2. The number of thiocarbonyl (C=S) groups is 1. The SMILES string of the molecule is CN(CC(F)F)C(=O)C1(C(N)=S)CCCCCC1. The molecule has 3 nitrogen and oxygen atoms in total. The molecular weight excluding hydrogens is 258 g/mol. The second-order valence-corrected chi connectivity index (χ2v) is 5.38. The van der Waals surface area contributed by atoms with Crippen molar-refractivity contribution in [2.24, 2.45) is 11.1 Å². The van der Waals surface area contributed by atoms with Crippen LogP contribution >= 0.6 is 12.2 Å². The third kappa shape index (κ3) is 3.37. The van der Waals surface area contributed by atoms with Crippen molar-refractivity contribution >= 4 is 23.1 Å². The lowest BCUT2D eigenvalue weighted by molar-refractivity contribution is -0.139. The number of nitrogens with two attached hydrogens (primary N) is 1. The van der Waals surface area contributed by atoms with Crippen LogP contribution in [0.15, 0.2) is 0 Å². The highest BCUT2D eigenvalue weighted by Gasteiger charge is 2.43. The average Bonchev–Trinajstić information content (AvgIpc) is 2.53. The average molecular weight is 278 g/mol. The maximum absolute atomic E-state index is 12.4. The zero-order valence-electron chi connectivity index (χ0n) is 10.6. The standard InChI is InChI=1S/C12H20F2N2OS/c1-16(8-9(13)14)11(17)12(10(15)18)6-4-2-3-5-7-12/h9H,2-8H2,1H3,(H2,15,18). The van der Waals surface area contributed by atoms with Gasteiger partial charge in [-0.1, -0.05) is 37.9 Å². The Morgan fingerprint density at radius 1 is 1.33 bits per heavy atom. The molecule has 0 unspecified atom stereocenters. The van der Waals surface area contributed by atoms with Gasteiger partial charge in [-0.2, -0.15) is 0 Å². The Bertz CT molecular complexity index is 315. The van der Waals surface area contributed by atoms with Crippen LogP contribution in [0.25, 0.3) is 0 Å². The molecule has 104 valence electrons. The molecule has 0 spiro atoms. The van der Waals surface area contributed by atoms with Crippen LogP contribution in [0.3, 0.4) is 0 Å². The summed E-state index contributed by atoms with van der Waals surface area (Å²) in [5.41, 5.74) is 4.83. The molecule has 1 amide bonds. The minimum Gasteiger partial charge on any atom is -0.392 e. The number of carbonyl (C=O) groups is 1. The largest absolute Gasteiger partial charge is 0.392 e. The molecule has 2 N–H and O–H groups in total. The predicted molar refractivity (Wildman–Crippen MR) is 70.6 cm³/mol. The maximum Gasteiger partial charge on any atom is 0.255 e. The van der Waals surface area contributed by atoms with Gasteiger partial charge < -0.3 is 10.6 Å². The molecule has 6 heteroatoms. The van der Waals surface area contributed by atoms with E-state index < -0.39 is 18.4 Å². The quantitative estimate of drug-likeness (QED) is 0.634. The lowest BCUT2D eigenvalue weighted by Crippen LogP contribution is -2.50. The molecule has 0 aromatic carbocycles. The van der Waals surface area contributed by atoms with Crippen molar-refractivity contribution in [1.82, 2.24) is 4.90 Å². The van der Waals surface area contributed by atoms with E-state index >= 15 is 0 Å². The fourth-order valence-corrected chi connectivity index (χ4v) is 2.84. The first-order valence-electron chi connectivity index (χ1n) is 6.24. The number of hydrogen-bond acceptors (Lipinski definition) is 2. The van der Waals surface area contributed by atoms with Crippen LogP contribution in [0, 0.1) is 5.41 Å². The van der Waals surface area contributed by atoms with E-state index in [0.29, 0.717) is 12.8 Å². The first-order chi connectivity index (χ1) is 8.40. The highest BCUT2D eigenvalue weighted by atomic mass is 32.1. The van der Waals surface area contributed by atoms with Crippen molar-refractivity contribution in [3.63, 3.8) is 0 Å². The molecule has 0 atom stereocenters. The normalized spacial score (nSPS) is 19.3. The van der Waals surface area contributed by atoms with Crippen molar-refractivity contribution in [1.29, 1.82) is 0 Å². The van der Waals surface area contributed by atoms with Gasteiger partial charge in [0, 0.05) is 7.05 Å². The van der Waals surface area contributed by atoms with Gasteiger partial charge in [0.05, 0.1) is 16.9 Å². The number of amides is 1. The van der Waals surface area contributed by atoms with Crippen molar-refractivity contribution in [3.05, 3.63) is 0 Å². The number of rotatable bonds is 4. The Kier molecular flexibility index (Phi) is 5.44. The number of nitrogens with zero attached hydrogens (tertiary/aromatic N) is 1. The summed E-state index contributed by atoms with van der Waals surface area (Å²) in [6.45, 7) is -0.566. The summed E-state index contributed by atoms with van der Waals surface area (Å²) in [5, 5.41) is 0. The zero-order chi connectivity index (χ0) is 13.8. The van der Waals surface area contributed by atoms with E-state index in [2.05, 4.69) is 0 Å². The lowest BCUT2D eigenvalue weighted by atomic mass is 9.79. The Balaban J connectivity index is 2.89. The van der Waals surface area contributed by atoms with Crippen LogP contribution in [0.2, 0.25) is 0 Å². The molecular formula is C12H20F2N2OS. The minimum absolute atomic E-state index is 0.149. The molecule has 0 radical (unpaired) electrons. The van der Waals surface area contributed by atoms with Gasteiger partial charge in [0.25, 0.3) is 6.43 Å². The van der Waals surface area contributed by atoms with Crippen molar-refractivity contribution in [2.75, 3.05) is 13.6 Å². The summed E-state index contributed by atoms with van der Waals surface area (Å²) in [4.78, 5) is 13.6. The molecule has 1 saturated carbocycles. The molecule has 1 fully saturated rings. The molecule has 1 aliphatic rings. The van der Waals surface area contributed by atoms with Gasteiger partial charge in [0.15, 0.2) is 0 Å². The second-order valence-electron chi connectivity index (χ2n) is 4.94. The Hall–Kier alpha value is -0.780. The Labute approximate surface area is 112 Å². The van der Waals surface area contributed by atoms with Crippen LogP contribution < -0.4 is 5.73 Å². The van der Waals surface area contributed by atoms with E-state index in [1.54, 1.807) is 0 Å². The van der Waals surface area contributed by atoms with Crippen molar-refractivity contribution < 1.29 is 13.6 Å². The van der Waals surface area contributed by atoms with Crippen LogP contribution in [0.5, 0.6) is 0 Å². The summed E-state index contributed by atoms with van der Waals surface area (Å²) in [5.74, 6) is -0.350. The van der Waals surface area contributed by atoms with Crippen LogP contribution in [-0.4, -0.2) is 35.8 Å². The fourth-order valence-electron chi connectivity index (χ4n) is 2.55. The molecule has 0 bridgehead atoms. The summed E-state index contributed by atoms with van der Waals surface area (Å²) in [7, 11) is 1.39. The van der Waals surface area contributed by atoms with E-state index in [9.17, 15) is 13.6 Å². The molecule has 1 aliphatic carbocycles. The fraction of sp³-hybridized carbons (Fsp3) is 0.833. The van der Waals surface area contributed by atoms with Crippen molar-refractivity contribution in [2.45, 2.75) is 45.0 Å². The topological polar surface area (TPSA) is 46.3 Å². The van der Waals surface area contributed by atoms with Gasteiger partial charge in [-0.25, -0.2) is 8.78 Å². The van der Waals surface area contributed by atoms with E-state index in [4.69, 9.17) is 18.0 Å². The third-order valence-corrected chi connectivity index (χ3v) is 3.99. The van der Waals surface area contributed by atoms with Crippen LogP contribution in [-0.2, 0) is 4.79 Å². The highest BCUT2D eigenvalue weighted by molar-refractivity contribution is 7.80.